The molecule has 0 bridgehead atoms. The lowest BCUT2D eigenvalue weighted by Gasteiger charge is -2.06. The Balaban J connectivity index is 2.46. The number of rotatable bonds is 3. The molecule has 2 aromatic rings. The molecule has 0 atom stereocenters. The van der Waals surface area contributed by atoms with E-state index in [1.54, 1.807) is 42.5 Å². The highest BCUT2D eigenvalue weighted by Gasteiger charge is 2.18. The van der Waals surface area contributed by atoms with Gasteiger partial charge in [0, 0.05) is 11.1 Å². The number of carbonyl (C=O) groups is 2. The second-order valence-corrected chi connectivity index (χ2v) is 3.65. The van der Waals surface area contributed by atoms with Crippen molar-refractivity contribution in [2.75, 3.05) is 0 Å². The lowest BCUT2D eigenvalue weighted by Crippen LogP contribution is -2.15. The van der Waals surface area contributed by atoms with Crippen molar-refractivity contribution in [3.05, 3.63) is 71.3 Å². The van der Waals surface area contributed by atoms with E-state index < -0.39 is 5.97 Å². The van der Waals surface area contributed by atoms with Crippen LogP contribution in [0.1, 0.15) is 26.3 Å². The van der Waals surface area contributed by atoms with E-state index in [9.17, 15) is 9.59 Å². The fourth-order valence-electron chi connectivity index (χ4n) is 1.67. The quantitative estimate of drug-likeness (QED) is 0.658. The molecule has 2 rings (SSSR count). The summed E-state index contributed by atoms with van der Waals surface area (Å²) in [4.78, 5) is 27.9. The van der Waals surface area contributed by atoms with Gasteiger partial charge in [0.2, 0.25) is 0 Å². The highest BCUT2D eigenvalue weighted by molar-refractivity contribution is 6.14. The van der Waals surface area contributed by atoms with E-state index in [0.29, 0.717) is 5.56 Å². The van der Waals surface area contributed by atoms with Crippen molar-refractivity contribution in [2.24, 2.45) is 5.90 Å². The molecule has 4 nitrogen and oxygen atoms in total. The Bertz CT molecular complexity index is 579. The van der Waals surface area contributed by atoms with Crippen molar-refractivity contribution in [1.82, 2.24) is 0 Å². The van der Waals surface area contributed by atoms with E-state index in [4.69, 9.17) is 5.90 Å². The van der Waals surface area contributed by atoms with E-state index in [1.165, 1.54) is 6.07 Å². The minimum atomic E-state index is -0.727. The summed E-state index contributed by atoms with van der Waals surface area (Å²) >= 11 is 0. The third-order valence-corrected chi connectivity index (χ3v) is 2.53. The van der Waals surface area contributed by atoms with Gasteiger partial charge in [-0.3, -0.25) is 4.79 Å². The van der Waals surface area contributed by atoms with Crippen LogP contribution in [0.5, 0.6) is 0 Å². The smallest absolute Gasteiger partial charge is 0.357 e. The predicted molar refractivity (Wildman–Crippen MR) is 65.9 cm³/mol. The Kier molecular flexibility index (Phi) is 3.50. The van der Waals surface area contributed by atoms with Crippen LogP contribution in [0, 0.1) is 0 Å². The summed E-state index contributed by atoms with van der Waals surface area (Å²) in [5.74, 6) is 3.88. The molecule has 0 amide bonds. The Morgan fingerprint density at radius 2 is 1.39 bits per heavy atom. The van der Waals surface area contributed by atoms with Gasteiger partial charge in [-0.05, 0) is 6.07 Å². The van der Waals surface area contributed by atoms with Crippen LogP contribution < -0.4 is 5.90 Å². The van der Waals surface area contributed by atoms with E-state index in [2.05, 4.69) is 4.84 Å². The van der Waals surface area contributed by atoms with Crippen molar-refractivity contribution < 1.29 is 14.4 Å². The fourth-order valence-corrected chi connectivity index (χ4v) is 1.67. The maximum atomic E-state index is 12.2. The highest BCUT2D eigenvalue weighted by Crippen LogP contribution is 2.15. The maximum absolute atomic E-state index is 12.2. The van der Waals surface area contributed by atoms with Gasteiger partial charge in [-0.15, -0.1) is 0 Å². The standard InChI is InChI=1S/C14H11NO3/c15-18-14(17)12-9-5-4-8-11(12)13(16)10-6-2-1-3-7-10/h1-9H,15H2. The van der Waals surface area contributed by atoms with E-state index in [1.807, 2.05) is 6.07 Å². The van der Waals surface area contributed by atoms with Crippen molar-refractivity contribution in [3.63, 3.8) is 0 Å². The van der Waals surface area contributed by atoms with Gasteiger partial charge in [-0.2, -0.15) is 5.90 Å². The monoisotopic (exact) mass is 241 g/mol. The summed E-state index contributed by atoms with van der Waals surface area (Å²) in [6.07, 6.45) is 0. The molecular weight excluding hydrogens is 230 g/mol. The molecule has 4 heteroatoms. The average Bonchev–Trinajstić information content (AvgIpc) is 2.46. The summed E-state index contributed by atoms with van der Waals surface area (Å²) in [7, 11) is 0. The van der Waals surface area contributed by atoms with Crippen LogP contribution in [0.4, 0.5) is 0 Å². The number of hydrogen-bond acceptors (Lipinski definition) is 4. The van der Waals surface area contributed by atoms with E-state index in [0.717, 1.165) is 0 Å². The number of ketones is 1. The van der Waals surface area contributed by atoms with E-state index >= 15 is 0 Å². The molecule has 0 saturated heterocycles. The molecule has 18 heavy (non-hydrogen) atoms. The van der Waals surface area contributed by atoms with Gasteiger partial charge in [0.15, 0.2) is 5.78 Å². The molecule has 0 fully saturated rings. The van der Waals surface area contributed by atoms with Gasteiger partial charge in [0.25, 0.3) is 0 Å². The number of hydrogen-bond donors (Lipinski definition) is 1. The zero-order valence-electron chi connectivity index (χ0n) is 9.50. The van der Waals surface area contributed by atoms with Crippen LogP contribution in [0.2, 0.25) is 0 Å². The Morgan fingerprint density at radius 1 is 0.833 bits per heavy atom. The lowest BCUT2D eigenvalue weighted by atomic mass is 9.98. The second-order valence-electron chi connectivity index (χ2n) is 3.65. The zero-order chi connectivity index (χ0) is 13.0. The normalized spacial score (nSPS) is 9.83. The first-order valence-corrected chi connectivity index (χ1v) is 5.34. The minimum absolute atomic E-state index is 0.161. The Labute approximate surface area is 104 Å². The second kappa shape index (κ2) is 5.25. The lowest BCUT2D eigenvalue weighted by molar-refractivity contribution is 0.0500. The first-order valence-electron chi connectivity index (χ1n) is 5.34. The summed E-state index contributed by atoms with van der Waals surface area (Å²) in [5, 5.41) is 0. The zero-order valence-corrected chi connectivity index (χ0v) is 9.50. The average molecular weight is 241 g/mol. The van der Waals surface area contributed by atoms with E-state index in [-0.39, 0.29) is 16.9 Å². The van der Waals surface area contributed by atoms with Crippen LogP contribution in [0.15, 0.2) is 54.6 Å². The number of nitrogens with two attached hydrogens (primary N) is 1. The summed E-state index contributed by atoms with van der Waals surface area (Å²) in [6, 6.07) is 15.1. The third kappa shape index (κ3) is 2.28. The SMILES string of the molecule is NOC(=O)c1ccccc1C(=O)c1ccccc1. The molecule has 0 spiro atoms. The summed E-state index contributed by atoms with van der Waals surface area (Å²) < 4.78 is 0. The molecule has 0 unspecified atom stereocenters. The molecule has 0 aliphatic carbocycles. The molecule has 0 heterocycles. The molecule has 2 aromatic carbocycles. The van der Waals surface area contributed by atoms with Gasteiger partial charge < -0.3 is 4.84 Å². The van der Waals surface area contributed by atoms with Crippen molar-refractivity contribution >= 4 is 11.8 Å². The third-order valence-electron chi connectivity index (χ3n) is 2.53. The Hall–Kier alpha value is -2.46. The van der Waals surface area contributed by atoms with Crippen molar-refractivity contribution in [2.45, 2.75) is 0 Å². The van der Waals surface area contributed by atoms with Crippen LogP contribution in [-0.4, -0.2) is 11.8 Å². The molecule has 0 aliphatic heterocycles. The minimum Gasteiger partial charge on any atom is -0.370 e. The fraction of sp³-hybridized carbons (Fsp3) is 0. The predicted octanol–water partition coefficient (Wildman–Crippen LogP) is 1.95. The van der Waals surface area contributed by atoms with Crippen LogP contribution in [0.25, 0.3) is 0 Å². The summed E-state index contributed by atoms with van der Waals surface area (Å²) in [5.41, 5.74) is 0.947. The molecule has 2 N–H and O–H groups in total. The molecular formula is C14H11NO3. The topological polar surface area (TPSA) is 69.4 Å². The van der Waals surface area contributed by atoms with Crippen molar-refractivity contribution in [3.8, 4) is 0 Å². The summed E-state index contributed by atoms with van der Waals surface area (Å²) in [6.45, 7) is 0. The first kappa shape index (κ1) is 12.0. The molecule has 0 aliphatic rings. The van der Waals surface area contributed by atoms with Gasteiger partial charge in [0.1, 0.15) is 0 Å². The maximum Gasteiger partial charge on any atom is 0.357 e. The largest absolute Gasteiger partial charge is 0.370 e. The number of benzene rings is 2. The van der Waals surface area contributed by atoms with Crippen LogP contribution >= 0.6 is 0 Å². The van der Waals surface area contributed by atoms with Crippen molar-refractivity contribution in [1.29, 1.82) is 0 Å². The van der Waals surface area contributed by atoms with Gasteiger partial charge in [0.05, 0.1) is 5.56 Å². The first-order chi connectivity index (χ1) is 8.74. The molecule has 0 aromatic heterocycles. The highest BCUT2D eigenvalue weighted by atomic mass is 16.7. The van der Waals surface area contributed by atoms with Gasteiger partial charge >= 0.3 is 5.97 Å². The molecule has 90 valence electrons. The van der Waals surface area contributed by atoms with Gasteiger partial charge in [-0.1, -0.05) is 48.5 Å². The Morgan fingerprint density at radius 3 is 2.00 bits per heavy atom. The molecule has 0 radical (unpaired) electrons. The molecule has 0 saturated carbocycles. The van der Waals surface area contributed by atoms with Crippen LogP contribution in [0.3, 0.4) is 0 Å². The van der Waals surface area contributed by atoms with Crippen LogP contribution in [-0.2, 0) is 4.84 Å². The number of carbonyl (C=O) groups excluding carboxylic acids is 2. The van der Waals surface area contributed by atoms with Gasteiger partial charge in [-0.25, -0.2) is 4.79 Å².